The summed E-state index contributed by atoms with van der Waals surface area (Å²) in [6, 6.07) is 7.88. The maximum absolute atomic E-state index is 12.8. The van der Waals surface area contributed by atoms with Gasteiger partial charge in [-0.15, -0.1) is 0 Å². The average molecular weight is 440 g/mol. The second-order valence-corrected chi connectivity index (χ2v) is 9.23. The molecule has 0 saturated carbocycles. The van der Waals surface area contributed by atoms with Gasteiger partial charge in [0.15, 0.2) is 11.3 Å². The Morgan fingerprint density at radius 3 is 2.81 bits per heavy atom. The van der Waals surface area contributed by atoms with Crippen molar-refractivity contribution >= 4 is 0 Å². The van der Waals surface area contributed by atoms with Crippen molar-refractivity contribution in [1.29, 1.82) is 0 Å². The van der Waals surface area contributed by atoms with Crippen molar-refractivity contribution in [2.75, 3.05) is 33.0 Å². The van der Waals surface area contributed by atoms with Crippen molar-refractivity contribution in [3.8, 4) is 22.9 Å². The topological polar surface area (TPSA) is 58.9 Å². The van der Waals surface area contributed by atoms with Crippen molar-refractivity contribution < 1.29 is 18.9 Å². The lowest BCUT2D eigenvalue weighted by molar-refractivity contribution is -0.0128. The van der Waals surface area contributed by atoms with Gasteiger partial charge in [-0.1, -0.05) is 0 Å². The molecule has 4 heterocycles. The van der Waals surface area contributed by atoms with Crippen LogP contribution in [0.5, 0.6) is 11.6 Å². The van der Waals surface area contributed by atoms with Crippen LogP contribution in [0, 0.1) is 12.8 Å². The van der Waals surface area contributed by atoms with E-state index in [1.807, 2.05) is 13.0 Å². The molecule has 2 unspecified atom stereocenters. The smallest absolute Gasteiger partial charge is 0.197 e. The highest BCUT2D eigenvalue weighted by Gasteiger charge is 2.24. The van der Waals surface area contributed by atoms with E-state index in [1.54, 1.807) is 6.07 Å². The third-order valence-electron chi connectivity index (χ3n) is 6.88. The molecule has 5 rings (SSSR count). The molecule has 2 fully saturated rings. The van der Waals surface area contributed by atoms with Gasteiger partial charge in [0.05, 0.1) is 25.0 Å². The average Bonchev–Trinajstić information content (AvgIpc) is 2.84. The van der Waals surface area contributed by atoms with Gasteiger partial charge in [-0.25, -0.2) is 0 Å². The quantitative estimate of drug-likeness (QED) is 0.677. The molecule has 6 nitrogen and oxygen atoms in total. The molecule has 6 heteroatoms. The number of benzene rings is 1. The van der Waals surface area contributed by atoms with Gasteiger partial charge >= 0.3 is 0 Å². The van der Waals surface area contributed by atoms with Crippen LogP contribution in [-0.4, -0.2) is 43.7 Å². The lowest BCUT2D eigenvalue weighted by Crippen LogP contribution is -2.28. The summed E-state index contributed by atoms with van der Waals surface area (Å²) in [6.07, 6.45) is 6.57. The third-order valence-corrected chi connectivity index (χ3v) is 6.88. The molecule has 0 N–H and O–H groups in total. The standard InChI is InChI=1S/C26H33NO5/c1-18-24(28)14-25(32-17-22-6-2-3-12-30-22)27-10-9-20-13-21(7-8-23(20)26(18)27)31-16-19-5-4-11-29-15-19/h7-8,13-14,19,22H,2-6,9-12,15-17H2,1H3. The van der Waals surface area contributed by atoms with E-state index in [1.165, 1.54) is 12.0 Å². The number of hydrogen-bond donors (Lipinski definition) is 0. The van der Waals surface area contributed by atoms with Crippen LogP contribution in [0.1, 0.15) is 43.2 Å². The molecule has 0 amide bonds. The van der Waals surface area contributed by atoms with Gasteiger partial charge in [0.2, 0.25) is 0 Å². The Bertz CT molecular complexity index is 1000. The molecule has 172 valence electrons. The maximum atomic E-state index is 12.8. The molecule has 3 aliphatic heterocycles. The van der Waals surface area contributed by atoms with Gasteiger partial charge in [-0.2, -0.15) is 0 Å². The maximum Gasteiger partial charge on any atom is 0.197 e. The number of hydrogen-bond acceptors (Lipinski definition) is 5. The fourth-order valence-electron chi connectivity index (χ4n) is 5.02. The number of aromatic nitrogens is 1. The summed E-state index contributed by atoms with van der Waals surface area (Å²) in [6.45, 7) is 6.32. The summed E-state index contributed by atoms with van der Waals surface area (Å²) < 4.78 is 25.7. The molecular formula is C26H33NO5. The minimum Gasteiger partial charge on any atom is -0.493 e. The van der Waals surface area contributed by atoms with Crippen molar-refractivity contribution in [3.63, 3.8) is 0 Å². The molecule has 3 aliphatic rings. The van der Waals surface area contributed by atoms with Crippen LogP contribution in [0.3, 0.4) is 0 Å². The normalized spacial score (nSPS) is 22.7. The molecule has 32 heavy (non-hydrogen) atoms. The summed E-state index contributed by atoms with van der Waals surface area (Å²) in [7, 11) is 0. The van der Waals surface area contributed by atoms with E-state index in [4.69, 9.17) is 18.9 Å². The summed E-state index contributed by atoms with van der Waals surface area (Å²) >= 11 is 0. The van der Waals surface area contributed by atoms with E-state index in [0.29, 0.717) is 25.0 Å². The Kier molecular flexibility index (Phi) is 6.51. The van der Waals surface area contributed by atoms with Gasteiger partial charge in [0.1, 0.15) is 12.4 Å². The molecule has 0 bridgehead atoms. The van der Waals surface area contributed by atoms with E-state index in [-0.39, 0.29) is 11.5 Å². The summed E-state index contributed by atoms with van der Waals surface area (Å²) in [4.78, 5) is 12.8. The van der Waals surface area contributed by atoms with E-state index in [0.717, 1.165) is 81.0 Å². The first-order valence-electron chi connectivity index (χ1n) is 12.0. The largest absolute Gasteiger partial charge is 0.493 e. The predicted molar refractivity (Wildman–Crippen MR) is 123 cm³/mol. The van der Waals surface area contributed by atoms with Gasteiger partial charge in [-0.05, 0) is 69.2 Å². The molecule has 0 aliphatic carbocycles. The first-order chi connectivity index (χ1) is 15.7. The molecule has 1 aromatic heterocycles. The third kappa shape index (κ3) is 4.57. The van der Waals surface area contributed by atoms with Crippen LogP contribution in [0.2, 0.25) is 0 Å². The number of pyridine rings is 1. The predicted octanol–water partition coefficient (Wildman–Crippen LogP) is 4.13. The van der Waals surface area contributed by atoms with Gasteiger partial charge in [-0.3, -0.25) is 4.79 Å². The minimum atomic E-state index is 0.0151. The van der Waals surface area contributed by atoms with E-state index >= 15 is 0 Å². The molecule has 2 saturated heterocycles. The molecule has 0 radical (unpaired) electrons. The number of ether oxygens (including phenoxy) is 4. The van der Waals surface area contributed by atoms with Crippen LogP contribution in [0.4, 0.5) is 0 Å². The molecule has 1 aromatic carbocycles. The highest BCUT2D eigenvalue weighted by molar-refractivity contribution is 5.70. The first-order valence-corrected chi connectivity index (χ1v) is 12.0. The Labute approximate surface area is 189 Å². The Balaban J connectivity index is 1.36. The zero-order chi connectivity index (χ0) is 21.9. The van der Waals surface area contributed by atoms with E-state index < -0.39 is 0 Å². The zero-order valence-electron chi connectivity index (χ0n) is 18.9. The molecule has 0 spiro atoms. The van der Waals surface area contributed by atoms with Crippen molar-refractivity contribution in [2.24, 2.45) is 5.92 Å². The monoisotopic (exact) mass is 439 g/mol. The molecule has 2 atom stereocenters. The zero-order valence-corrected chi connectivity index (χ0v) is 18.9. The number of aryl methyl sites for hydroxylation is 1. The number of rotatable bonds is 6. The fourth-order valence-corrected chi connectivity index (χ4v) is 5.02. The Morgan fingerprint density at radius 1 is 1.06 bits per heavy atom. The van der Waals surface area contributed by atoms with E-state index in [9.17, 15) is 4.79 Å². The lowest BCUT2D eigenvalue weighted by atomic mass is 9.94. The summed E-state index contributed by atoms with van der Waals surface area (Å²) in [5.74, 6) is 2.01. The molecule has 2 aromatic rings. The van der Waals surface area contributed by atoms with Gasteiger partial charge in [0, 0.05) is 42.9 Å². The lowest BCUT2D eigenvalue weighted by Gasteiger charge is -2.28. The second-order valence-electron chi connectivity index (χ2n) is 9.23. The van der Waals surface area contributed by atoms with E-state index in [2.05, 4.69) is 16.7 Å². The number of fused-ring (bicyclic) bond motifs is 3. The SMILES string of the molecule is Cc1c2n(c(OCC3CCCCO3)cc1=O)CCc1cc(OCC3CCCOC3)ccc1-2. The van der Waals surface area contributed by atoms with Crippen LogP contribution in [0.15, 0.2) is 29.1 Å². The summed E-state index contributed by atoms with van der Waals surface area (Å²) in [5.41, 5.74) is 4.06. The van der Waals surface area contributed by atoms with Crippen molar-refractivity contribution in [1.82, 2.24) is 4.57 Å². The van der Waals surface area contributed by atoms with Crippen LogP contribution in [0.25, 0.3) is 11.3 Å². The number of nitrogens with zero attached hydrogens (tertiary/aromatic N) is 1. The Morgan fingerprint density at radius 2 is 2.00 bits per heavy atom. The second kappa shape index (κ2) is 9.67. The molecular weight excluding hydrogens is 406 g/mol. The van der Waals surface area contributed by atoms with Crippen molar-refractivity contribution in [3.05, 3.63) is 45.6 Å². The van der Waals surface area contributed by atoms with Gasteiger partial charge < -0.3 is 23.5 Å². The Hall–Kier alpha value is -2.31. The minimum absolute atomic E-state index is 0.0151. The fraction of sp³-hybridized carbons (Fsp3) is 0.577. The van der Waals surface area contributed by atoms with Crippen LogP contribution < -0.4 is 14.9 Å². The highest BCUT2D eigenvalue weighted by Crippen LogP contribution is 2.36. The highest BCUT2D eigenvalue weighted by atomic mass is 16.5. The van der Waals surface area contributed by atoms with Gasteiger partial charge in [0.25, 0.3) is 0 Å². The first kappa shape index (κ1) is 21.5. The van der Waals surface area contributed by atoms with Crippen LogP contribution >= 0.6 is 0 Å². The van der Waals surface area contributed by atoms with Crippen molar-refractivity contribution in [2.45, 2.75) is 58.1 Å². The summed E-state index contributed by atoms with van der Waals surface area (Å²) in [5, 5.41) is 0. The van der Waals surface area contributed by atoms with Crippen LogP contribution in [-0.2, 0) is 22.4 Å².